The Morgan fingerprint density at radius 1 is 1.14 bits per heavy atom. The van der Waals surface area contributed by atoms with Gasteiger partial charge in [-0.2, -0.15) is 0 Å². The van der Waals surface area contributed by atoms with E-state index in [0.717, 1.165) is 29.4 Å². The van der Waals surface area contributed by atoms with Crippen LogP contribution in [0.3, 0.4) is 0 Å². The Bertz CT molecular complexity index is 558. The molecule has 0 aromatic carbocycles. The summed E-state index contributed by atoms with van der Waals surface area (Å²) < 4.78 is 0. The summed E-state index contributed by atoms with van der Waals surface area (Å²) in [5, 5.41) is 3.59. The van der Waals surface area contributed by atoms with Crippen molar-refractivity contribution in [1.29, 1.82) is 0 Å². The highest BCUT2D eigenvalue weighted by Gasteiger charge is 2.48. The molecule has 5 heteroatoms. The van der Waals surface area contributed by atoms with Crippen LogP contribution >= 0.6 is 0 Å². The molecule has 5 rings (SSSR count). The van der Waals surface area contributed by atoms with E-state index in [4.69, 9.17) is 11.5 Å². The second-order valence-corrected chi connectivity index (χ2v) is 7.08. The number of nitrogens with two attached hydrogens (primary N) is 2. The molecule has 1 heterocycles. The first kappa shape index (κ1) is 12.9. The van der Waals surface area contributed by atoms with Crippen LogP contribution in [0.1, 0.15) is 42.5 Å². The zero-order chi connectivity index (χ0) is 14.6. The van der Waals surface area contributed by atoms with Gasteiger partial charge in [0.25, 0.3) is 5.91 Å². The van der Waals surface area contributed by atoms with Crippen molar-refractivity contribution < 1.29 is 4.79 Å². The number of hydrogen-bond donors (Lipinski definition) is 3. The third kappa shape index (κ3) is 2.06. The maximum atomic E-state index is 11.7. The number of nitrogens with one attached hydrogen (secondary N) is 1. The zero-order valence-corrected chi connectivity index (χ0v) is 12.1. The van der Waals surface area contributed by atoms with Crippen LogP contribution in [-0.4, -0.2) is 16.9 Å². The third-order valence-electron chi connectivity index (χ3n) is 5.78. The lowest BCUT2D eigenvalue weighted by molar-refractivity contribution is 0.00751. The summed E-state index contributed by atoms with van der Waals surface area (Å²) in [7, 11) is 0. The highest BCUT2D eigenvalue weighted by atomic mass is 16.1. The van der Waals surface area contributed by atoms with E-state index in [1.807, 2.05) is 6.07 Å². The van der Waals surface area contributed by atoms with Gasteiger partial charge in [-0.25, -0.2) is 4.98 Å². The molecule has 0 unspecified atom stereocenters. The average molecular weight is 286 g/mol. The van der Waals surface area contributed by atoms with E-state index < -0.39 is 5.91 Å². The Morgan fingerprint density at radius 3 is 2.33 bits per heavy atom. The van der Waals surface area contributed by atoms with Crippen LogP contribution in [0.4, 0.5) is 11.5 Å². The number of carbonyl (C=O) groups is 1. The van der Waals surface area contributed by atoms with Gasteiger partial charge in [-0.3, -0.25) is 4.79 Å². The van der Waals surface area contributed by atoms with E-state index >= 15 is 0 Å². The molecule has 1 amide bonds. The summed E-state index contributed by atoms with van der Waals surface area (Å²) in [5.74, 6) is 3.04. The van der Waals surface area contributed by atoms with Crippen LogP contribution in [0.25, 0.3) is 0 Å². The van der Waals surface area contributed by atoms with Crippen molar-refractivity contribution in [2.75, 3.05) is 11.1 Å². The van der Waals surface area contributed by atoms with Gasteiger partial charge in [0, 0.05) is 12.2 Å². The molecule has 4 bridgehead atoms. The quantitative estimate of drug-likeness (QED) is 0.792. The van der Waals surface area contributed by atoms with Gasteiger partial charge < -0.3 is 16.8 Å². The van der Waals surface area contributed by atoms with Crippen molar-refractivity contribution in [2.24, 2.45) is 29.4 Å². The van der Waals surface area contributed by atoms with E-state index in [9.17, 15) is 4.79 Å². The van der Waals surface area contributed by atoms with Crippen molar-refractivity contribution in [1.82, 2.24) is 4.98 Å². The van der Waals surface area contributed by atoms with Gasteiger partial charge in [-0.05, 0) is 61.8 Å². The first-order valence-electron chi connectivity index (χ1n) is 7.92. The molecule has 0 radical (unpaired) electrons. The molecular formula is C16H22N4O. The Hall–Kier alpha value is -1.78. The predicted molar refractivity (Wildman–Crippen MR) is 81.6 cm³/mol. The van der Waals surface area contributed by atoms with Gasteiger partial charge in [-0.1, -0.05) is 0 Å². The SMILES string of the molecule is NC(=O)c1c(NC2C3CC4CC(C3)CC2C4)ccnc1N. The Balaban J connectivity index is 1.62. The molecule has 1 aromatic rings. The van der Waals surface area contributed by atoms with Crippen LogP contribution in [0.2, 0.25) is 0 Å². The second-order valence-electron chi connectivity index (χ2n) is 7.08. The fourth-order valence-electron chi connectivity index (χ4n) is 5.20. The van der Waals surface area contributed by atoms with E-state index in [-0.39, 0.29) is 5.82 Å². The number of anilines is 2. The van der Waals surface area contributed by atoms with Crippen molar-refractivity contribution in [3.63, 3.8) is 0 Å². The summed E-state index contributed by atoms with van der Waals surface area (Å²) in [6.07, 6.45) is 8.40. The lowest BCUT2D eigenvalue weighted by Gasteiger charge is -2.54. The van der Waals surface area contributed by atoms with E-state index in [2.05, 4.69) is 10.3 Å². The molecule has 112 valence electrons. The Morgan fingerprint density at radius 2 is 1.76 bits per heavy atom. The van der Waals surface area contributed by atoms with Gasteiger partial charge in [0.1, 0.15) is 11.4 Å². The number of aromatic nitrogens is 1. The largest absolute Gasteiger partial charge is 0.383 e. The monoisotopic (exact) mass is 286 g/mol. The zero-order valence-electron chi connectivity index (χ0n) is 12.1. The lowest BCUT2D eigenvalue weighted by Crippen LogP contribution is -2.51. The number of carbonyl (C=O) groups excluding carboxylic acids is 1. The maximum Gasteiger partial charge on any atom is 0.254 e. The topological polar surface area (TPSA) is 94.0 Å². The van der Waals surface area contributed by atoms with Crippen molar-refractivity contribution in [3.8, 4) is 0 Å². The van der Waals surface area contributed by atoms with Gasteiger partial charge in [0.05, 0.1) is 5.69 Å². The number of nitrogen functional groups attached to an aromatic ring is 1. The van der Waals surface area contributed by atoms with Crippen LogP contribution in [0.15, 0.2) is 12.3 Å². The first-order chi connectivity index (χ1) is 10.1. The molecule has 0 saturated heterocycles. The number of pyridine rings is 1. The summed E-state index contributed by atoms with van der Waals surface area (Å²) in [6.45, 7) is 0. The van der Waals surface area contributed by atoms with Crippen LogP contribution in [0.5, 0.6) is 0 Å². The van der Waals surface area contributed by atoms with Crippen molar-refractivity contribution >= 4 is 17.4 Å². The predicted octanol–water partition coefficient (Wildman–Crippen LogP) is 2.00. The highest BCUT2D eigenvalue weighted by Crippen LogP contribution is 2.54. The molecule has 4 aliphatic carbocycles. The Kier molecular flexibility index (Phi) is 2.84. The normalized spacial score (nSPS) is 36.7. The summed E-state index contributed by atoms with van der Waals surface area (Å²) in [6, 6.07) is 2.28. The van der Waals surface area contributed by atoms with Crippen LogP contribution < -0.4 is 16.8 Å². The first-order valence-corrected chi connectivity index (χ1v) is 7.92. The van der Waals surface area contributed by atoms with Crippen LogP contribution in [-0.2, 0) is 0 Å². The van der Waals surface area contributed by atoms with E-state index in [0.29, 0.717) is 11.6 Å². The van der Waals surface area contributed by atoms with Crippen LogP contribution in [0, 0.1) is 23.7 Å². The van der Waals surface area contributed by atoms with Crippen molar-refractivity contribution in [3.05, 3.63) is 17.8 Å². The van der Waals surface area contributed by atoms with Gasteiger partial charge in [-0.15, -0.1) is 0 Å². The molecule has 1 aromatic heterocycles. The minimum absolute atomic E-state index is 0.219. The summed E-state index contributed by atoms with van der Waals surface area (Å²) >= 11 is 0. The molecule has 5 N–H and O–H groups in total. The fraction of sp³-hybridized carbons (Fsp3) is 0.625. The fourth-order valence-corrected chi connectivity index (χ4v) is 5.20. The van der Waals surface area contributed by atoms with Gasteiger partial charge in [0.2, 0.25) is 0 Å². The molecule has 4 fully saturated rings. The van der Waals surface area contributed by atoms with E-state index in [1.165, 1.54) is 32.1 Å². The standard InChI is InChI=1S/C16H22N4O/c17-15-13(16(18)21)12(1-2-19-15)20-14-10-4-8-3-9(6-10)7-11(14)5-8/h1-2,8-11,14H,3-7H2,(H2,18,21)(H3,17,19,20). The molecule has 5 nitrogen and oxygen atoms in total. The molecule has 0 aliphatic heterocycles. The summed E-state index contributed by atoms with van der Waals surface area (Å²) in [4.78, 5) is 15.6. The minimum Gasteiger partial charge on any atom is -0.383 e. The highest BCUT2D eigenvalue weighted by molar-refractivity contribution is 6.02. The summed E-state index contributed by atoms with van der Waals surface area (Å²) in [5.41, 5.74) is 12.4. The number of amides is 1. The molecule has 0 spiro atoms. The smallest absolute Gasteiger partial charge is 0.254 e. The van der Waals surface area contributed by atoms with Gasteiger partial charge in [0.15, 0.2) is 0 Å². The molecular weight excluding hydrogens is 264 g/mol. The molecule has 21 heavy (non-hydrogen) atoms. The number of nitrogens with zero attached hydrogens (tertiary/aromatic N) is 1. The Labute approximate surface area is 124 Å². The third-order valence-corrected chi connectivity index (χ3v) is 5.78. The average Bonchev–Trinajstić information content (AvgIpc) is 2.41. The van der Waals surface area contributed by atoms with Gasteiger partial charge >= 0.3 is 0 Å². The van der Waals surface area contributed by atoms with E-state index in [1.54, 1.807) is 6.20 Å². The number of rotatable bonds is 3. The molecule has 4 aliphatic rings. The number of primary amides is 1. The second kappa shape index (κ2) is 4.61. The maximum absolute atomic E-state index is 11.7. The lowest BCUT2D eigenvalue weighted by atomic mass is 9.54. The molecule has 0 atom stereocenters. The molecule has 4 saturated carbocycles. The minimum atomic E-state index is -0.507. The van der Waals surface area contributed by atoms with Crippen molar-refractivity contribution in [2.45, 2.75) is 38.1 Å². The number of hydrogen-bond acceptors (Lipinski definition) is 4.